The summed E-state index contributed by atoms with van der Waals surface area (Å²) in [4.78, 5) is 34.3. The van der Waals surface area contributed by atoms with E-state index in [9.17, 15) is 19.7 Å². The van der Waals surface area contributed by atoms with Gasteiger partial charge in [-0.05, 0) is 48.4 Å². The number of hydrogen-bond acceptors (Lipinski definition) is 6. The lowest BCUT2D eigenvalue weighted by Crippen LogP contribution is -2.20. The number of nitrogens with zero attached hydrogens (tertiary/aromatic N) is 2. The van der Waals surface area contributed by atoms with Gasteiger partial charge in [-0.25, -0.2) is 5.43 Å². The highest BCUT2D eigenvalue weighted by Crippen LogP contribution is 2.15. The van der Waals surface area contributed by atoms with E-state index in [1.54, 1.807) is 24.3 Å². The van der Waals surface area contributed by atoms with Crippen LogP contribution in [0, 0.1) is 17.0 Å². The number of nitrogens with one attached hydrogen (secondary N) is 2. The summed E-state index contributed by atoms with van der Waals surface area (Å²) >= 11 is 0. The lowest BCUT2D eigenvalue weighted by molar-refractivity contribution is -0.384. The van der Waals surface area contributed by atoms with Crippen LogP contribution in [0.1, 0.15) is 21.5 Å². The van der Waals surface area contributed by atoms with Crippen molar-refractivity contribution in [3.63, 3.8) is 0 Å². The molecule has 162 valence electrons. The second kappa shape index (κ2) is 10.5. The summed E-state index contributed by atoms with van der Waals surface area (Å²) in [5, 5.41) is 17.3. The van der Waals surface area contributed by atoms with E-state index in [1.165, 1.54) is 30.5 Å². The number of ether oxygens (including phenoxy) is 1. The smallest absolute Gasteiger partial charge is 0.271 e. The van der Waals surface area contributed by atoms with E-state index in [4.69, 9.17) is 4.74 Å². The first kappa shape index (κ1) is 22.2. The van der Waals surface area contributed by atoms with Crippen molar-refractivity contribution >= 4 is 29.4 Å². The third-order valence-corrected chi connectivity index (χ3v) is 4.37. The summed E-state index contributed by atoms with van der Waals surface area (Å²) in [5.74, 6) is -0.319. The Hall–Kier alpha value is -4.53. The molecule has 2 N–H and O–H groups in total. The van der Waals surface area contributed by atoms with Gasteiger partial charge in [0.25, 0.3) is 17.5 Å². The van der Waals surface area contributed by atoms with Gasteiger partial charge in [0.15, 0.2) is 6.61 Å². The molecule has 0 fully saturated rings. The fourth-order valence-corrected chi connectivity index (χ4v) is 2.70. The Balaban J connectivity index is 1.52. The number of aryl methyl sites for hydroxylation is 1. The maximum absolute atomic E-state index is 12.1. The van der Waals surface area contributed by atoms with Crippen LogP contribution in [0.15, 0.2) is 77.9 Å². The van der Waals surface area contributed by atoms with Gasteiger partial charge in [0.2, 0.25) is 0 Å². The number of carbonyl (C=O) groups is 2. The summed E-state index contributed by atoms with van der Waals surface area (Å²) in [6.45, 7) is 1.74. The quantitative estimate of drug-likeness (QED) is 0.319. The van der Waals surface area contributed by atoms with Crippen LogP contribution in [0.4, 0.5) is 11.4 Å². The number of benzene rings is 3. The van der Waals surface area contributed by atoms with Crippen molar-refractivity contribution in [3.8, 4) is 5.75 Å². The lowest BCUT2D eigenvalue weighted by atomic mass is 10.2. The maximum atomic E-state index is 12.1. The van der Waals surface area contributed by atoms with Crippen molar-refractivity contribution in [1.82, 2.24) is 5.43 Å². The number of nitro groups is 1. The minimum absolute atomic E-state index is 0.102. The highest BCUT2D eigenvalue weighted by Gasteiger charge is 2.09. The summed E-state index contributed by atoms with van der Waals surface area (Å²) in [7, 11) is 0. The largest absolute Gasteiger partial charge is 0.484 e. The highest BCUT2D eigenvalue weighted by atomic mass is 16.6. The molecule has 0 aliphatic heterocycles. The first-order chi connectivity index (χ1) is 15.4. The first-order valence-electron chi connectivity index (χ1n) is 9.58. The van der Waals surface area contributed by atoms with Crippen molar-refractivity contribution < 1.29 is 19.2 Å². The van der Waals surface area contributed by atoms with Gasteiger partial charge in [-0.15, -0.1) is 0 Å². The number of nitro benzene ring substituents is 1. The fourth-order valence-electron chi connectivity index (χ4n) is 2.70. The molecule has 0 aliphatic carbocycles. The number of carbonyl (C=O) groups excluding carboxylic acids is 2. The Morgan fingerprint density at radius 3 is 2.53 bits per heavy atom. The second-order valence-corrected chi connectivity index (χ2v) is 6.73. The van der Waals surface area contributed by atoms with Crippen LogP contribution in [0.5, 0.6) is 5.75 Å². The molecule has 0 unspecified atom stereocenters. The van der Waals surface area contributed by atoms with E-state index in [-0.39, 0.29) is 23.8 Å². The molecule has 3 rings (SSSR count). The van der Waals surface area contributed by atoms with Gasteiger partial charge in [-0.2, -0.15) is 5.10 Å². The second-order valence-electron chi connectivity index (χ2n) is 6.73. The number of non-ortho nitro benzene ring substituents is 1. The molecule has 9 heteroatoms. The first-order valence-corrected chi connectivity index (χ1v) is 9.58. The van der Waals surface area contributed by atoms with Crippen LogP contribution in [-0.2, 0) is 4.79 Å². The molecule has 0 heterocycles. The number of hydrazone groups is 1. The van der Waals surface area contributed by atoms with E-state index in [0.717, 1.165) is 11.3 Å². The molecule has 9 nitrogen and oxygen atoms in total. The third kappa shape index (κ3) is 6.23. The Morgan fingerprint density at radius 1 is 1.06 bits per heavy atom. The number of hydrogen-bond donors (Lipinski definition) is 2. The maximum Gasteiger partial charge on any atom is 0.271 e. The van der Waals surface area contributed by atoms with Gasteiger partial charge in [0.1, 0.15) is 5.75 Å². The Labute approximate surface area is 183 Å². The van der Waals surface area contributed by atoms with Gasteiger partial charge in [0, 0.05) is 23.4 Å². The molecular weight excluding hydrogens is 412 g/mol. The molecule has 0 saturated carbocycles. The zero-order valence-corrected chi connectivity index (χ0v) is 17.1. The van der Waals surface area contributed by atoms with Gasteiger partial charge >= 0.3 is 0 Å². The third-order valence-electron chi connectivity index (χ3n) is 4.37. The molecule has 0 spiro atoms. The van der Waals surface area contributed by atoms with Crippen LogP contribution in [-0.4, -0.2) is 29.6 Å². The van der Waals surface area contributed by atoms with E-state index in [0.29, 0.717) is 11.3 Å². The van der Waals surface area contributed by atoms with Crippen LogP contribution >= 0.6 is 0 Å². The predicted molar refractivity (Wildman–Crippen MR) is 120 cm³/mol. The molecule has 3 aromatic carbocycles. The van der Waals surface area contributed by atoms with Crippen LogP contribution in [0.25, 0.3) is 0 Å². The van der Waals surface area contributed by atoms with E-state index in [2.05, 4.69) is 15.8 Å². The SMILES string of the molecule is Cc1ccccc1NC(=O)COc1cccc(/C=N/NC(=O)c2ccc([N+](=O)[O-])cc2)c1. The molecule has 0 aromatic heterocycles. The topological polar surface area (TPSA) is 123 Å². The average molecular weight is 432 g/mol. The highest BCUT2D eigenvalue weighted by molar-refractivity contribution is 5.95. The Kier molecular flexibility index (Phi) is 7.26. The van der Waals surface area contributed by atoms with E-state index in [1.807, 2.05) is 31.2 Å². The molecular formula is C23H20N4O5. The van der Waals surface area contributed by atoms with Crippen molar-refractivity contribution in [2.45, 2.75) is 6.92 Å². The molecule has 3 aromatic rings. The molecule has 0 aliphatic rings. The standard InChI is InChI=1S/C23H20N4O5/c1-16-5-2-3-8-21(16)25-22(28)15-32-20-7-4-6-17(13-20)14-24-26-23(29)18-9-11-19(12-10-18)27(30)31/h2-14H,15H2,1H3,(H,25,28)(H,26,29)/b24-14+. The molecule has 0 bridgehead atoms. The van der Waals surface area contributed by atoms with E-state index < -0.39 is 10.8 Å². The minimum Gasteiger partial charge on any atom is -0.484 e. The Bertz CT molecular complexity index is 1160. The van der Waals surface area contributed by atoms with Crippen LogP contribution in [0.2, 0.25) is 0 Å². The molecule has 2 amide bonds. The van der Waals surface area contributed by atoms with Gasteiger partial charge in [-0.1, -0.05) is 30.3 Å². The summed E-state index contributed by atoms with van der Waals surface area (Å²) in [6, 6.07) is 19.5. The number of rotatable bonds is 8. The number of anilines is 1. The lowest BCUT2D eigenvalue weighted by Gasteiger charge is -2.09. The summed E-state index contributed by atoms with van der Waals surface area (Å²) in [6.07, 6.45) is 1.42. The number of para-hydroxylation sites is 1. The predicted octanol–water partition coefficient (Wildman–Crippen LogP) is 3.68. The van der Waals surface area contributed by atoms with Crippen molar-refractivity contribution in [1.29, 1.82) is 0 Å². The average Bonchev–Trinajstić information content (AvgIpc) is 2.79. The Morgan fingerprint density at radius 2 is 1.81 bits per heavy atom. The fraction of sp³-hybridized carbons (Fsp3) is 0.0870. The van der Waals surface area contributed by atoms with Gasteiger partial charge in [0.05, 0.1) is 11.1 Å². The normalized spacial score (nSPS) is 10.5. The molecule has 0 atom stereocenters. The number of amides is 2. The van der Waals surface area contributed by atoms with Crippen LogP contribution < -0.4 is 15.5 Å². The molecule has 0 saturated heterocycles. The summed E-state index contributed by atoms with van der Waals surface area (Å²) < 4.78 is 5.53. The monoisotopic (exact) mass is 432 g/mol. The molecule has 0 radical (unpaired) electrons. The zero-order valence-electron chi connectivity index (χ0n) is 17.1. The van der Waals surface area contributed by atoms with Crippen molar-refractivity contribution in [2.75, 3.05) is 11.9 Å². The summed E-state index contributed by atoms with van der Waals surface area (Å²) in [5.41, 5.74) is 4.82. The zero-order chi connectivity index (χ0) is 22.9. The minimum atomic E-state index is -0.540. The van der Waals surface area contributed by atoms with Crippen molar-refractivity contribution in [3.05, 3.63) is 99.6 Å². The molecule has 32 heavy (non-hydrogen) atoms. The van der Waals surface area contributed by atoms with Gasteiger partial charge in [-0.3, -0.25) is 19.7 Å². The van der Waals surface area contributed by atoms with Gasteiger partial charge < -0.3 is 10.1 Å². The van der Waals surface area contributed by atoms with Crippen LogP contribution in [0.3, 0.4) is 0 Å². The van der Waals surface area contributed by atoms with Crippen molar-refractivity contribution in [2.24, 2.45) is 5.10 Å². The van der Waals surface area contributed by atoms with E-state index >= 15 is 0 Å².